The summed E-state index contributed by atoms with van der Waals surface area (Å²) < 4.78 is 1.88. The van der Waals surface area contributed by atoms with Gasteiger partial charge in [0.25, 0.3) is 0 Å². The van der Waals surface area contributed by atoms with Gasteiger partial charge in [-0.15, -0.1) is 5.10 Å². The smallest absolute Gasteiger partial charge is 0.227 e. The Hall–Kier alpha value is -2.08. The van der Waals surface area contributed by atoms with Gasteiger partial charge in [-0.25, -0.2) is 4.68 Å². The van der Waals surface area contributed by atoms with E-state index in [1.807, 2.05) is 17.0 Å². The van der Waals surface area contributed by atoms with Crippen molar-refractivity contribution in [1.82, 2.24) is 14.8 Å². The van der Waals surface area contributed by atoms with Crippen LogP contribution in [-0.2, 0) is 4.79 Å². The number of thioether (sulfide) groups is 1. The predicted molar refractivity (Wildman–Crippen MR) is 90.6 cm³/mol. The summed E-state index contributed by atoms with van der Waals surface area (Å²) in [5.74, 6) is 0.792. The topological polar surface area (TPSA) is 59.8 Å². The summed E-state index contributed by atoms with van der Waals surface area (Å²) in [6.45, 7) is 2.07. The largest absolute Gasteiger partial charge is 0.328 e. The van der Waals surface area contributed by atoms with E-state index < -0.39 is 0 Å². The predicted octanol–water partition coefficient (Wildman–Crippen LogP) is 3.19. The second-order valence-corrected chi connectivity index (χ2v) is 6.77. The lowest BCUT2D eigenvalue weighted by Crippen LogP contribution is -2.38. The van der Waals surface area contributed by atoms with Crippen LogP contribution in [0.15, 0.2) is 41.2 Å². The number of aryl methyl sites for hydroxylation is 1. The highest BCUT2D eigenvalue weighted by molar-refractivity contribution is 7.98. The highest BCUT2D eigenvalue weighted by Crippen LogP contribution is 2.41. The van der Waals surface area contributed by atoms with E-state index in [0.29, 0.717) is 6.42 Å². The Bertz CT molecular complexity index is 811. The van der Waals surface area contributed by atoms with Crippen LogP contribution in [-0.4, -0.2) is 26.8 Å². The van der Waals surface area contributed by atoms with Crippen LogP contribution < -0.4 is 5.32 Å². The summed E-state index contributed by atoms with van der Waals surface area (Å²) in [5, 5.41) is 8.64. The SMILES string of the molecule is CSc1nc2n(n1)[C@@H](c1cccc(C)c1)[C@@H]1C(=O)CCC=C1N2. The van der Waals surface area contributed by atoms with Crippen LogP contribution in [0.2, 0.25) is 0 Å². The molecule has 4 rings (SSSR count). The van der Waals surface area contributed by atoms with E-state index in [1.54, 1.807) is 0 Å². The standard InChI is InChI=1S/C17H18N4OS/c1-10-5-3-6-11(9-10)15-14-12(7-4-8-13(14)22)18-16-19-17(23-2)20-21(15)16/h3,5-7,9,14-15H,4,8H2,1-2H3,(H,18,19,20)/t14-,15-/m0/s1. The van der Waals surface area contributed by atoms with Crippen molar-refractivity contribution in [3.05, 3.63) is 47.2 Å². The zero-order chi connectivity index (χ0) is 16.0. The molecule has 0 bridgehead atoms. The molecule has 1 N–H and O–H groups in total. The maximum Gasteiger partial charge on any atom is 0.227 e. The van der Waals surface area contributed by atoms with Gasteiger partial charge in [0.15, 0.2) is 0 Å². The molecule has 0 amide bonds. The van der Waals surface area contributed by atoms with E-state index in [1.165, 1.54) is 17.3 Å². The van der Waals surface area contributed by atoms with Crippen molar-refractivity contribution in [2.75, 3.05) is 11.6 Å². The molecule has 118 valence electrons. The molecule has 6 heteroatoms. The number of carbonyl (C=O) groups is 1. The first-order valence-corrected chi connectivity index (χ1v) is 8.97. The van der Waals surface area contributed by atoms with Crippen LogP contribution in [0.5, 0.6) is 0 Å². The van der Waals surface area contributed by atoms with Gasteiger partial charge in [0, 0.05) is 12.1 Å². The molecule has 0 fully saturated rings. The van der Waals surface area contributed by atoms with Gasteiger partial charge in [0.1, 0.15) is 5.78 Å². The van der Waals surface area contributed by atoms with Crippen LogP contribution in [0.25, 0.3) is 0 Å². The Balaban J connectivity index is 1.91. The van der Waals surface area contributed by atoms with Crippen molar-refractivity contribution in [2.24, 2.45) is 5.92 Å². The van der Waals surface area contributed by atoms with Gasteiger partial charge < -0.3 is 5.32 Å². The average molecular weight is 326 g/mol. The van der Waals surface area contributed by atoms with Crippen molar-refractivity contribution in [3.8, 4) is 0 Å². The van der Waals surface area contributed by atoms with Crippen LogP contribution in [0.3, 0.4) is 0 Å². The van der Waals surface area contributed by atoms with Crippen LogP contribution in [0, 0.1) is 12.8 Å². The fourth-order valence-corrected chi connectivity index (χ4v) is 3.78. The number of anilines is 1. The number of nitrogens with one attached hydrogen (secondary N) is 1. The fraction of sp³-hybridized carbons (Fsp3) is 0.353. The van der Waals surface area contributed by atoms with Crippen LogP contribution >= 0.6 is 11.8 Å². The van der Waals surface area contributed by atoms with E-state index in [-0.39, 0.29) is 17.7 Å². The van der Waals surface area contributed by atoms with Crippen LogP contribution in [0.4, 0.5) is 5.95 Å². The fourth-order valence-electron chi connectivity index (χ4n) is 3.43. The molecule has 1 aliphatic carbocycles. The number of hydrogen-bond donors (Lipinski definition) is 1. The van der Waals surface area contributed by atoms with E-state index in [4.69, 9.17) is 0 Å². The Labute approximate surface area is 139 Å². The summed E-state index contributed by atoms with van der Waals surface area (Å²) >= 11 is 1.51. The first kappa shape index (κ1) is 14.5. The first-order chi connectivity index (χ1) is 11.2. The van der Waals surface area contributed by atoms with Gasteiger partial charge in [0.2, 0.25) is 11.1 Å². The van der Waals surface area contributed by atoms with Gasteiger partial charge in [-0.3, -0.25) is 4.79 Å². The number of rotatable bonds is 2. The maximum absolute atomic E-state index is 12.6. The summed E-state index contributed by atoms with van der Waals surface area (Å²) in [6.07, 6.45) is 5.48. The average Bonchev–Trinajstić information content (AvgIpc) is 2.96. The van der Waals surface area contributed by atoms with E-state index >= 15 is 0 Å². The quantitative estimate of drug-likeness (QED) is 0.859. The molecule has 5 nitrogen and oxygen atoms in total. The minimum Gasteiger partial charge on any atom is -0.328 e. The van der Waals surface area contributed by atoms with Crippen molar-refractivity contribution in [2.45, 2.75) is 31.0 Å². The molecule has 2 atom stereocenters. The highest BCUT2D eigenvalue weighted by atomic mass is 32.2. The second-order valence-electron chi connectivity index (χ2n) is 5.99. The molecular weight excluding hydrogens is 308 g/mol. The summed E-state index contributed by atoms with van der Waals surface area (Å²) in [4.78, 5) is 17.2. The number of allylic oxidation sites excluding steroid dienone is 2. The number of hydrogen-bond acceptors (Lipinski definition) is 5. The minimum absolute atomic E-state index is 0.126. The number of nitrogens with zero attached hydrogens (tertiary/aromatic N) is 3. The number of carbonyl (C=O) groups excluding carboxylic acids is 1. The van der Waals surface area contributed by atoms with Gasteiger partial charge >= 0.3 is 0 Å². The number of Topliss-reactive ketones (excluding diaryl/α,β-unsaturated/α-hetero) is 1. The molecule has 2 aromatic rings. The summed E-state index contributed by atoms with van der Waals surface area (Å²) in [5.41, 5.74) is 3.26. The molecule has 0 radical (unpaired) electrons. The highest BCUT2D eigenvalue weighted by Gasteiger charge is 2.41. The molecule has 2 heterocycles. The molecule has 0 spiro atoms. The number of ketones is 1. The van der Waals surface area contributed by atoms with Gasteiger partial charge in [-0.2, -0.15) is 4.98 Å². The van der Waals surface area contributed by atoms with Gasteiger partial charge in [-0.05, 0) is 25.2 Å². The lowest BCUT2D eigenvalue weighted by atomic mass is 9.80. The third-order valence-electron chi connectivity index (χ3n) is 4.45. The molecule has 0 saturated heterocycles. The number of fused-ring (bicyclic) bond motifs is 2. The lowest BCUT2D eigenvalue weighted by molar-refractivity contribution is -0.123. The van der Waals surface area contributed by atoms with Gasteiger partial charge in [-0.1, -0.05) is 47.7 Å². The summed E-state index contributed by atoms with van der Waals surface area (Å²) in [7, 11) is 0. The molecule has 2 aliphatic rings. The Morgan fingerprint density at radius 1 is 1.39 bits per heavy atom. The molecule has 0 saturated carbocycles. The molecular formula is C17H18N4OS. The summed E-state index contributed by atoms with van der Waals surface area (Å²) in [6, 6.07) is 8.19. The Morgan fingerprint density at radius 2 is 2.26 bits per heavy atom. The van der Waals surface area contributed by atoms with E-state index in [0.717, 1.165) is 28.8 Å². The maximum atomic E-state index is 12.6. The van der Waals surface area contributed by atoms with Crippen LogP contribution in [0.1, 0.15) is 30.0 Å². The lowest BCUT2D eigenvalue weighted by Gasteiger charge is -2.36. The third kappa shape index (κ3) is 2.37. The molecule has 1 aromatic carbocycles. The first-order valence-electron chi connectivity index (χ1n) is 7.74. The molecule has 1 aliphatic heterocycles. The molecule has 23 heavy (non-hydrogen) atoms. The zero-order valence-corrected chi connectivity index (χ0v) is 13.9. The van der Waals surface area contributed by atoms with Gasteiger partial charge in [0.05, 0.1) is 12.0 Å². The number of aromatic nitrogens is 3. The Morgan fingerprint density at radius 3 is 3.04 bits per heavy atom. The Kier molecular flexibility index (Phi) is 3.49. The minimum atomic E-state index is -0.200. The molecule has 0 unspecified atom stereocenters. The van der Waals surface area contributed by atoms with E-state index in [9.17, 15) is 4.79 Å². The van der Waals surface area contributed by atoms with Crippen molar-refractivity contribution in [3.63, 3.8) is 0 Å². The van der Waals surface area contributed by atoms with Crippen molar-refractivity contribution < 1.29 is 4.79 Å². The second kappa shape index (κ2) is 5.53. The molecule has 1 aromatic heterocycles. The van der Waals surface area contributed by atoms with Crippen molar-refractivity contribution >= 4 is 23.5 Å². The normalized spacial score (nSPS) is 22.9. The zero-order valence-electron chi connectivity index (χ0n) is 13.1. The van der Waals surface area contributed by atoms with Crippen molar-refractivity contribution in [1.29, 1.82) is 0 Å². The third-order valence-corrected chi connectivity index (χ3v) is 4.99. The monoisotopic (exact) mass is 326 g/mol. The number of benzene rings is 1. The van der Waals surface area contributed by atoms with E-state index in [2.05, 4.69) is 46.6 Å².